The van der Waals surface area contributed by atoms with Gasteiger partial charge in [-0.05, 0) is 19.4 Å². The second-order valence-corrected chi connectivity index (χ2v) is 3.49. The molecule has 1 saturated heterocycles. The van der Waals surface area contributed by atoms with E-state index in [0.29, 0.717) is 6.54 Å². The Labute approximate surface area is 80.0 Å². The van der Waals surface area contributed by atoms with Gasteiger partial charge in [0, 0.05) is 12.6 Å². The van der Waals surface area contributed by atoms with Gasteiger partial charge in [0.2, 0.25) is 0 Å². The first-order chi connectivity index (χ1) is 6.52. The molecular weight excluding hydrogens is 200 g/mol. The molecule has 1 heterocycles. The first-order valence-corrected chi connectivity index (χ1v) is 4.62. The maximum absolute atomic E-state index is 12.4. The van der Waals surface area contributed by atoms with Gasteiger partial charge in [-0.2, -0.15) is 8.78 Å². The summed E-state index contributed by atoms with van der Waals surface area (Å²) in [6.07, 6.45) is -1.67. The van der Waals surface area contributed by atoms with Crippen LogP contribution in [0.4, 0.5) is 17.6 Å². The van der Waals surface area contributed by atoms with Crippen LogP contribution in [0, 0.1) is 0 Å². The first kappa shape index (κ1) is 11.7. The summed E-state index contributed by atoms with van der Waals surface area (Å²) in [7, 11) is 0. The van der Waals surface area contributed by atoms with Gasteiger partial charge in [-0.1, -0.05) is 0 Å². The number of alkyl halides is 4. The van der Waals surface area contributed by atoms with Crippen LogP contribution in [0.3, 0.4) is 0 Å². The van der Waals surface area contributed by atoms with E-state index in [2.05, 4.69) is 10.6 Å². The van der Waals surface area contributed by atoms with Crippen LogP contribution in [-0.2, 0) is 0 Å². The Hall–Kier alpha value is -0.360. The first-order valence-electron chi connectivity index (χ1n) is 4.62. The second-order valence-electron chi connectivity index (χ2n) is 3.49. The summed E-state index contributed by atoms with van der Waals surface area (Å²) in [5.41, 5.74) is 0. The zero-order chi connectivity index (χ0) is 10.6. The van der Waals surface area contributed by atoms with E-state index in [1.165, 1.54) is 0 Å². The Balaban J connectivity index is 2.13. The molecule has 0 amide bonds. The molecule has 2 N–H and O–H groups in total. The highest BCUT2D eigenvalue weighted by Crippen LogP contribution is 2.21. The molecular formula is C8H14F4N2. The number of halogens is 4. The normalized spacial score (nSPS) is 23.4. The molecule has 0 aliphatic carbocycles. The maximum Gasteiger partial charge on any atom is 0.319 e. The van der Waals surface area contributed by atoms with Crippen LogP contribution >= 0.6 is 0 Å². The van der Waals surface area contributed by atoms with Gasteiger partial charge in [-0.3, -0.25) is 0 Å². The van der Waals surface area contributed by atoms with E-state index in [-0.39, 0.29) is 6.04 Å². The van der Waals surface area contributed by atoms with E-state index < -0.39 is 18.9 Å². The van der Waals surface area contributed by atoms with E-state index in [4.69, 9.17) is 0 Å². The Morgan fingerprint density at radius 1 is 1.43 bits per heavy atom. The van der Waals surface area contributed by atoms with Gasteiger partial charge in [0.15, 0.2) is 0 Å². The number of hydrogen-bond donors (Lipinski definition) is 2. The van der Waals surface area contributed by atoms with Crippen molar-refractivity contribution in [3.8, 4) is 0 Å². The van der Waals surface area contributed by atoms with Crippen molar-refractivity contribution >= 4 is 0 Å². The third-order valence-corrected chi connectivity index (χ3v) is 2.23. The summed E-state index contributed by atoms with van der Waals surface area (Å²) in [5.74, 6) is -3.92. The standard InChI is InChI=1S/C8H14F4N2/c9-7(10)8(11,12)5-13-4-6-2-1-3-14-6/h6-7,13-14H,1-5H2. The molecule has 14 heavy (non-hydrogen) atoms. The summed E-state index contributed by atoms with van der Waals surface area (Å²) in [6, 6.07) is 0.142. The summed E-state index contributed by atoms with van der Waals surface area (Å²) in [5, 5.41) is 5.43. The molecule has 1 unspecified atom stereocenters. The highest BCUT2D eigenvalue weighted by Gasteiger charge is 2.40. The lowest BCUT2D eigenvalue weighted by atomic mass is 10.2. The fourth-order valence-corrected chi connectivity index (χ4v) is 1.42. The minimum absolute atomic E-state index is 0.142. The zero-order valence-electron chi connectivity index (χ0n) is 7.70. The number of rotatable bonds is 5. The Bertz CT molecular complexity index is 169. The lowest BCUT2D eigenvalue weighted by Crippen LogP contribution is -2.43. The topological polar surface area (TPSA) is 24.1 Å². The third kappa shape index (κ3) is 3.42. The molecule has 1 atom stereocenters. The van der Waals surface area contributed by atoms with Crippen molar-refractivity contribution in [2.45, 2.75) is 31.2 Å². The minimum atomic E-state index is -3.92. The molecule has 0 bridgehead atoms. The zero-order valence-corrected chi connectivity index (χ0v) is 7.70. The lowest BCUT2D eigenvalue weighted by Gasteiger charge is -2.17. The average Bonchev–Trinajstić information content (AvgIpc) is 2.56. The maximum atomic E-state index is 12.4. The van der Waals surface area contributed by atoms with E-state index in [1.54, 1.807) is 0 Å². The van der Waals surface area contributed by atoms with Crippen molar-refractivity contribution in [2.75, 3.05) is 19.6 Å². The third-order valence-electron chi connectivity index (χ3n) is 2.23. The van der Waals surface area contributed by atoms with E-state index in [9.17, 15) is 17.6 Å². The van der Waals surface area contributed by atoms with Crippen molar-refractivity contribution < 1.29 is 17.6 Å². The molecule has 1 aliphatic rings. The van der Waals surface area contributed by atoms with Crippen LogP contribution in [0.25, 0.3) is 0 Å². The highest BCUT2D eigenvalue weighted by molar-refractivity contribution is 4.79. The van der Waals surface area contributed by atoms with Gasteiger partial charge < -0.3 is 10.6 Å². The van der Waals surface area contributed by atoms with Crippen LogP contribution in [-0.4, -0.2) is 38.0 Å². The SMILES string of the molecule is FC(F)C(F)(F)CNCC1CCCN1. The van der Waals surface area contributed by atoms with Crippen LogP contribution in [0.2, 0.25) is 0 Å². The Morgan fingerprint density at radius 2 is 2.14 bits per heavy atom. The monoisotopic (exact) mass is 214 g/mol. The van der Waals surface area contributed by atoms with E-state index in [1.807, 2.05) is 0 Å². The van der Waals surface area contributed by atoms with Gasteiger partial charge >= 0.3 is 12.3 Å². The number of hydrogen-bond acceptors (Lipinski definition) is 2. The van der Waals surface area contributed by atoms with Crippen LogP contribution in [0.15, 0.2) is 0 Å². The summed E-state index contributed by atoms with van der Waals surface area (Å²) in [6.45, 7) is 0.239. The molecule has 0 aromatic rings. The molecule has 2 nitrogen and oxygen atoms in total. The molecule has 0 aromatic heterocycles. The van der Waals surface area contributed by atoms with Gasteiger partial charge in [0.25, 0.3) is 0 Å². The van der Waals surface area contributed by atoms with Crippen molar-refractivity contribution in [1.82, 2.24) is 10.6 Å². The molecule has 1 rings (SSSR count). The van der Waals surface area contributed by atoms with E-state index in [0.717, 1.165) is 19.4 Å². The summed E-state index contributed by atoms with van der Waals surface area (Å²) < 4.78 is 48.2. The Kier molecular flexibility index (Phi) is 4.12. The molecule has 6 heteroatoms. The fraction of sp³-hybridized carbons (Fsp3) is 1.00. The van der Waals surface area contributed by atoms with Gasteiger partial charge in [0.05, 0.1) is 6.54 Å². The smallest absolute Gasteiger partial charge is 0.313 e. The van der Waals surface area contributed by atoms with Crippen molar-refractivity contribution in [3.63, 3.8) is 0 Å². The predicted octanol–water partition coefficient (Wildman–Crippen LogP) is 1.23. The Morgan fingerprint density at radius 3 is 2.64 bits per heavy atom. The number of nitrogens with one attached hydrogen (secondary N) is 2. The van der Waals surface area contributed by atoms with Crippen molar-refractivity contribution in [2.24, 2.45) is 0 Å². The van der Waals surface area contributed by atoms with Crippen LogP contribution in [0.5, 0.6) is 0 Å². The minimum Gasteiger partial charge on any atom is -0.313 e. The van der Waals surface area contributed by atoms with Crippen molar-refractivity contribution in [1.29, 1.82) is 0 Å². The average molecular weight is 214 g/mol. The summed E-state index contributed by atoms with van der Waals surface area (Å²) in [4.78, 5) is 0. The molecule has 1 fully saturated rings. The molecule has 1 aliphatic heterocycles. The quantitative estimate of drug-likeness (QED) is 0.672. The highest BCUT2D eigenvalue weighted by atomic mass is 19.3. The fourth-order valence-electron chi connectivity index (χ4n) is 1.42. The second kappa shape index (κ2) is 4.93. The van der Waals surface area contributed by atoms with Crippen LogP contribution in [0.1, 0.15) is 12.8 Å². The van der Waals surface area contributed by atoms with Crippen LogP contribution < -0.4 is 10.6 Å². The van der Waals surface area contributed by atoms with Gasteiger partial charge in [0.1, 0.15) is 0 Å². The summed E-state index contributed by atoms with van der Waals surface area (Å²) >= 11 is 0. The molecule has 84 valence electrons. The van der Waals surface area contributed by atoms with E-state index >= 15 is 0 Å². The molecule has 0 spiro atoms. The molecule has 0 aromatic carbocycles. The van der Waals surface area contributed by atoms with Gasteiger partial charge in [-0.25, -0.2) is 8.78 Å². The molecule has 0 saturated carbocycles. The largest absolute Gasteiger partial charge is 0.319 e. The predicted molar refractivity (Wildman–Crippen MR) is 44.8 cm³/mol. The van der Waals surface area contributed by atoms with Crippen molar-refractivity contribution in [3.05, 3.63) is 0 Å². The lowest BCUT2D eigenvalue weighted by molar-refractivity contribution is -0.125. The van der Waals surface area contributed by atoms with Gasteiger partial charge in [-0.15, -0.1) is 0 Å². The molecule has 0 radical (unpaired) electrons.